The van der Waals surface area contributed by atoms with Gasteiger partial charge in [0.2, 0.25) is 0 Å². The fourth-order valence-electron chi connectivity index (χ4n) is 1.61. The Labute approximate surface area is 106 Å². The van der Waals surface area contributed by atoms with Crippen molar-refractivity contribution in [1.82, 2.24) is 0 Å². The van der Waals surface area contributed by atoms with Gasteiger partial charge >= 0.3 is 0 Å². The highest BCUT2D eigenvalue weighted by Crippen LogP contribution is 2.29. The van der Waals surface area contributed by atoms with Crippen molar-refractivity contribution in [2.75, 3.05) is 0 Å². The maximum absolute atomic E-state index is 6.18. The van der Waals surface area contributed by atoms with Gasteiger partial charge in [-0.05, 0) is 30.2 Å². The zero-order chi connectivity index (χ0) is 11.5. The number of hydrogen-bond donors (Lipinski definition) is 0. The molecule has 2 heteroatoms. The average Bonchev–Trinajstić information content (AvgIpc) is 2.31. The predicted molar refractivity (Wildman–Crippen MR) is 71.2 cm³/mol. The second-order valence-corrected chi connectivity index (χ2v) is 4.49. The fraction of sp³-hybridized carbons (Fsp3) is 0.143. The zero-order valence-corrected chi connectivity index (χ0v) is 10.5. The van der Waals surface area contributed by atoms with E-state index in [1.165, 1.54) is 5.56 Å². The van der Waals surface area contributed by atoms with Crippen molar-refractivity contribution >= 4 is 23.2 Å². The van der Waals surface area contributed by atoms with Crippen LogP contribution in [0.25, 0.3) is 11.1 Å². The van der Waals surface area contributed by atoms with Crippen LogP contribution in [-0.2, 0) is 5.88 Å². The van der Waals surface area contributed by atoms with Gasteiger partial charge < -0.3 is 0 Å². The van der Waals surface area contributed by atoms with E-state index in [-0.39, 0.29) is 0 Å². The molecule has 0 spiro atoms. The molecule has 0 aromatic heterocycles. The van der Waals surface area contributed by atoms with E-state index in [9.17, 15) is 0 Å². The minimum atomic E-state index is 0.510. The lowest BCUT2D eigenvalue weighted by molar-refractivity contribution is 1.40. The van der Waals surface area contributed by atoms with Crippen LogP contribution < -0.4 is 0 Å². The normalized spacial score (nSPS) is 10.4. The summed E-state index contributed by atoms with van der Waals surface area (Å²) in [6.45, 7) is 2.07. The highest BCUT2D eigenvalue weighted by atomic mass is 35.5. The minimum Gasteiger partial charge on any atom is -0.122 e. The molecule has 0 N–H and O–H groups in total. The Balaban J connectivity index is 2.50. The van der Waals surface area contributed by atoms with Crippen LogP contribution in [0.1, 0.15) is 11.1 Å². The van der Waals surface area contributed by atoms with Crippen LogP contribution in [0.4, 0.5) is 0 Å². The Kier molecular flexibility index (Phi) is 3.52. The SMILES string of the molecule is Cc1ccc(-c2cc(CCl)ccc2Cl)cc1. The smallest absolute Gasteiger partial charge is 0.0484 e. The van der Waals surface area contributed by atoms with Crippen molar-refractivity contribution in [3.05, 3.63) is 58.6 Å². The summed E-state index contributed by atoms with van der Waals surface area (Å²) in [5.41, 5.74) is 4.50. The first kappa shape index (κ1) is 11.5. The van der Waals surface area contributed by atoms with Crippen molar-refractivity contribution in [1.29, 1.82) is 0 Å². The zero-order valence-electron chi connectivity index (χ0n) is 9.00. The maximum atomic E-state index is 6.18. The van der Waals surface area contributed by atoms with Gasteiger partial charge in [-0.3, -0.25) is 0 Å². The number of hydrogen-bond acceptors (Lipinski definition) is 0. The van der Waals surface area contributed by atoms with E-state index < -0.39 is 0 Å². The monoisotopic (exact) mass is 250 g/mol. The van der Waals surface area contributed by atoms with Crippen LogP contribution in [0.3, 0.4) is 0 Å². The van der Waals surface area contributed by atoms with Crippen LogP contribution in [0.15, 0.2) is 42.5 Å². The lowest BCUT2D eigenvalue weighted by Crippen LogP contribution is -1.84. The molecular formula is C14H12Cl2. The van der Waals surface area contributed by atoms with Crippen molar-refractivity contribution in [2.24, 2.45) is 0 Å². The predicted octanol–water partition coefficient (Wildman–Crippen LogP) is 5.05. The second-order valence-electron chi connectivity index (χ2n) is 3.81. The summed E-state index contributed by atoms with van der Waals surface area (Å²) in [5.74, 6) is 0.510. The number of halogens is 2. The van der Waals surface area contributed by atoms with Crippen LogP contribution in [-0.4, -0.2) is 0 Å². The van der Waals surface area contributed by atoms with Gasteiger partial charge in [0, 0.05) is 16.5 Å². The lowest BCUT2D eigenvalue weighted by atomic mass is 10.0. The molecule has 0 amide bonds. The van der Waals surface area contributed by atoms with Crippen molar-refractivity contribution in [3.63, 3.8) is 0 Å². The molecule has 0 aliphatic heterocycles. The summed E-state index contributed by atoms with van der Waals surface area (Å²) in [6, 6.07) is 14.2. The van der Waals surface area contributed by atoms with Crippen LogP contribution in [0, 0.1) is 6.92 Å². The van der Waals surface area contributed by atoms with Gasteiger partial charge in [-0.1, -0.05) is 47.5 Å². The first-order valence-electron chi connectivity index (χ1n) is 5.12. The molecule has 0 heterocycles. The van der Waals surface area contributed by atoms with E-state index in [1.807, 2.05) is 18.2 Å². The van der Waals surface area contributed by atoms with Crippen LogP contribution >= 0.6 is 23.2 Å². The maximum Gasteiger partial charge on any atom is 0.0484 e. The first-order chi connectivity index (χ1) is 7.70. The standard InChI is InChI=1S/C14H12Cl2/c1-10-2-5-12(6-3-10)13-8-11(9-15)4-7-14(13)16/h2-8H,9H2,1H3. The van der Waals surface area contributed by atoms with Crippen molar-refractivity contribution < 1.29 is 0 Å². The molecular weight excluding hydrogens is 239 g/mol. The third kappa shape index (κ3) is 2.40. The molecule has 0 saturated carbocycles. The summed E-state index contributed by atoms with van der Waals surface area (Å²) in [7, 11) is 0. The van der Waals surface area contributed by atoms with E-state index in [1.54, 1.807) is 0 Å². The van der Waals surface area contributed by atoms with Crippen LogP contribution in [0.2, 0.25) is 5.02 Å². The number of alkyl halides is 1. The highest BCUT2D eigenvalue weighted by molar-refractivity contribution is 6.33. The van der Waals surface area contributed by atoms with E-state index in [0.717, 1.165) is 21.7 Å². The first-order valence-corrected chi connectivity index (χ1v) is 6.03. The van der Waals surface area contributed by atoms with E-state index >= 15 is 0 Å². The second kappa shape index (κ2) is 4.90. The summed E-state index contributed by atoms with van der Waals surface area (Å²) >= 11 is 12.0. The number of aryl methyl sites for hydroxylation is 1. The summed E-state index contributed by atoms with van der Waals surface area (Å²) in [6.07, 6.45) is 0. The van der Waals surface area contributed by atoms with Gasteiger partial charge in [-0.2, -0.15) is 0 Å². The molecule has 2 aromatic carbocycles. The van der Waals surface area contributed by atoms with E-state index in [4.69, 9.17) is 23.2 Å². The molecule has 0 nitrogen and oxygen atoms in total. The molecule has 0 aliphatic rings. The number of benzene rings is 2. The lowest BCUT2D eigenvalue weighted by Gasteiger charge is -2.07. The Morgan fingerprint density at radius 1 is 1.00 bits per heavy atom. The highest BCUT2D eigenvalue weighted by Gasteiger charge is 2.04. The molecule has 0 bridgehead atoms. The van der Waals surface area contributed by atoms with Crippen LogP contribution in [0.5, 0.6) is 0 Å². The Hall–Kier alpha value is -0.980. The summed E-state index contributed by atoms with van der Waals surface area (Å²) in [4.78, 5) is 0. The van der Waals surface area contributed by atoms with E-state index in [0.29, 0.717) is 5.88 Å². The Morgan fingerprint density at radius 3 is 2.31 bits per heavy atom. The molecule has 0 aliphatic carbocycles. The topological polar surface area (TPSA) is 0 Å². The van der Waals surface area contributed by atoms with Gasteiger partial charge in [0.25, 0.3) is 0 Å². The molecule has 82 valence electrons. The molecule has 0 radical (unpaired) electrons. The third-order valence-corrected chi connectivity index (χ3v) is 3.19. The largest absolute Gasteiger partial charge is 0.122 e. The fourth-order valence-corrected chi connectivity index (χ4v) is 2.00. The molecule has 0 fully saturated rings. The number of rotatable bonds is 2. The molecule has 0 saturated heterocycles. The molecule has 2 aromatic rings. The molecule has 0 atom stereocenters. The average molecular weight is 251 g/mol. The van der Waals surface area contributed by atoms with E-state index in [2.05, 4.69) is 31.2 Å². The van der Waals surface area contributed by atoms with Crippen molar-refractivity contribution in [3.8, 4) is 11.1 Å². The van der Waals surface area contributed by atoms with Gasteiger partial charge in [0.05, 0.1) is 0 Å². The van der Waals surface area contributed by atoms with Gasteiger partial charge in [-0.15, -0.1) is 11.6 Å². The molecule has 16 heavy (non-hydrogen) atoms. The minimum absolute atomic E-state index is 0.510. The third-order valence-electron chi connectivity index (χ3n) is 2.55. The van der Waals surface area contributed by atoms with Gasteiger partial charge in [-0.25, -0.2) is 0 Å². The van der Waals surface area contributed by atoms with Gasteiger partial charge in [0.1, 0.15) is 0 Å². The Morgan fingerprint density at radius 2 is 1.69 bits per heavy atom. The molecule has 2 rings (SSSR count). The van der Waals surface area contributed by atoms with Crippen molar-refractivity contribution in [2.45, 2.75) is 12.8 Å². The summed E-state index contributed by atoms with van der Waals surface area (Å²) in [5, 5.41) is 0.762. The molecule has 0 unspecified atom stereocenters. The summed E-state index contributed by atoms with van der Waals surface area (Å²) < 4.78 is 0. The van der Waals surface area contributed by atoms with Gasteiger partial charge in [0.15, 0.2) is 0 Å². The Bertz CT molecular complexity index is 487. The quantitative estimate of drug-likeness (QED) is 0.655.